The molecule has 1 unspecified atom stereocenters. The molecule has 0 saturated carbocycles. The second-order valence-electron chi connectivity index (χ2n) is 5.35. The number of benzene rings is 1. The molecular formula is C14H18BrN3O. The van der Waals surface area contributed by atoms with E-state index < -0.39 is 0 Å². The van der Waals surface area contributed by atoms with Crippen molar-refractivity contribution in [2.75, 3.05) is 29.4 Å². The van der Waals surface area contributed by atoms with Gasteiger partial charge in [0.1, 0.15) is 6.04 Å². The lowest BCUT2D eigenvalue weighted by Crippen LogP contribution is -2.63. The zero-order valence-electron chi connectivity index (χ0n) is 11.2. The average molecular weight is 324 g/mol. The first-order valence-electron chi connectivity index (χ1n) is 6.69. The third kappa shape index (κ3) is 2.05. The summed E-state index contributed by atoms with van der Waals surface area (Å²) in [7, 11) is 0. The largest absolute Gasteiger partial charge is 0.355 e. The Balaban J connectivity index is 2.14. The zero-order valence-corrected chi connectivity index (χ0v) is 12.8. The smallest absolute Gasteiger partial charge is 0.251 e. The number of fused-ring (bicyclic) bond motifs is 3. The molecule has 0 spiro atoms. The number of piperazine rings is 1. The Morgan fingerprint density at radius 2 is 2.16 bits per heavy atom. The number of halogens is 1. The Labute approximate surface area is 121 Å². The maximum Gasteiger partial charge on any atom is 0.251 e. The van der Waals surface area contributed by atoms with Crippen molar-refractivity contribution in [2.45, 2.75) is 25.9 Å². The minimum atomic E-state index is -0.0713. The van der Waals surface area contributed by atoms with Gasteiger partial charge in [-0.15, -0.1) is 0 Å². The van der Waals surface area contributed by atoms with Crippen molar-refractivity contribution in [3.63, 3.8) is 0 Å². The first-order valence-corrected chi connectivity index (χ1v) is 7.49. The van der Waals surface area contributed by atoms with Gasteiger partial charge in [-0.3, -0.25) is 4.79 Å². The number of rotatable bonds is 1. The van der Waals surface area contributed by atoms with Crippen LogP contribution in [0.2, 0.25) is 0 Å². The van der Waals surface area contributed by atoms with Crippen LogP contribution < -0.4 is 15.1 Å². The lowest BCUT2D eigenvalue weighted by atomic mass is 10.0. The van der Waals surface area contributed by atoms with E-state index in [-0.39, 0.29) is 18.0 Å². The van der Waals surface area contributed by atoms with Crippen molar-refractivity contribution in [1.29, 1.82) is 0 Å². The van der Waals surface area contributed by atoms with Crippen molar-refractivity contribution >= 4 is 33.2 Å². The number of anilines is 2. The molecule has 0 aromatic heterocycles. The summed E-state index contributed by atoms with van der Waals surface area (Å²) in [6, 6.07) is 6.27. The van der Waals surface area contributed by atoms with Gasteiger partial charge in [0.05, 0.1) is 11.4 Å². The van der Waals surface area contributed by atoms with Crippen molar-refractivity contribution in [2.24, 2.45) is 0 Å². The lowest BCUT2D eigenvalue weighted by Gasteiger charge is -2.46. The molecule has 5 heteroatoms. The van der Waals surface area contributed by atoms with Crippen LogP contribution in [0.5, 0.6) is 0 Å². The van der Waals surface area contributed by atoms with E-state index >= 15 is 0 Å². The van der Waals surface area contributed by atoms with Gasteiger partial charge in [-0.1, -0.05) is 15.9 Å². The normalized spacial score (nSPS) is 22.5. The van der Waals surface area contributed by atoms with Crippen molar-refractivity contribution in [3.8, 4) is 0 Å². The van der Waals surface area contributed by atoms with Crippen LogP contribution >= 0.6 is 15.9 Å². The van der Waals surface area contributed by atoms with E-state index in [1.165, 1.54) is 0 Å². The van der Waals surface area contributed by atoms with Crippen molar-refractivity contribution < 1.29 is 4.79 Å². The Morgan fingerprint density at radius 1 is 1.37 bits per heavy atom. The Bertz CT molecular complexity index is 517. The highest BCUT2D eigenvalue weighted by Gasteiger charge is 2.40. The number of hydrogen-bond acceptors (Lipinski definition) is 3. The van der Waals surface area contributed by atoms with Gasteiger partial charge in [-0.05, 0) is 32.0 Å². The Kier molecular flexibility index (Phi) is 3.27. The highest BCUT2D eigenvalue weighted by molar-refractivity contribution is 9.10. The molecule has 0 bridgehead atoms. The summed E-state index contributed by atoms with van der Waals surface area (Å²) in [5, 5.41) is 3.32. The molecular weight excluding hydrogens is 306 g/mol. The minimum Gasteiger partial charge on any atom is -0.355 e. The molecule has 1 amide bonds. The van der Waals surface area contributed by atoms with Gasteiger partial charge in [0, 0.05) is 30.1 Å². The molecule has 102 valence electrons. The van der Waals surface area contributed by atoms with E-state index in [9.17, 15) is 4.79 Å². The van der Waals surface area contributed by atoms with E-state index in [1.54, 1.807) is 0 Å². The molecule has 1 aromatic rings. The first-order chi connectivity index (χ1) is 9.09. The minimum absolute atomic E-state index is 0.0713. The second-order valence-corrected chi connectivity index (χ2v) is 6.26. The molecule has 1 saturated heterocycles. The Hall–Kier alpha value is -1.07. The number of nitrogens with one attached hydrogen (secondary N) is 1. The predicted molar refractivity (Wildman–Crippen MR) is 80.8 cm³/mol. The molecule has 19 heavy (non-hydrogen) atoms. The standard InChI is InChI=1S/C14H18BrN3O/c1-9(2)18-11-4-3-10(15)7-12(11)17-6-5-16-8-13(17)14(18)19/h3-4,7,9,13,16H,5-6,8H2,1-2H3. The number of amides is 1. The van der Waals surface area contributed by atoms with E-state index in [0.29, 0.717) is 0 Å². The average Bonchev–Trinajstić information content (AvgIpc) is 2.39. The number of nitrogens with zero attached hydrogens (tertiary/aromatic N) is 2. The fourth-order valence-corrected chi connectivity index (χ4v) is 3.30. The molecule has 1 N–H and O–H groups in total. The molecule has 2 aliphatic rings. The summed E-state index contributed by atoms with van der Waals surface area (Å²) < 4.78 is 1.06. The molecule has 1 fully saturated rings. The van der Waals surface area contributed by atoms with E-state index in [2.05, 4.69) is 46.1 Å². The van der Waals surface area contributed by atoms with Crippen LogP contribution in [0.4, 0.5) is 11.4 Å². The lowest BCUT2D eigenvalue weighted by molar-refractivity contribution is -0.120. The highest BCUT2D eigenvalue weighted by atomic mass is 79.9. The van der Waals surface area contributed by atoms with Gasteiger partial charge in [0.25, 0.3) is 5.91 Å². The van der Waals surface area contributed by atoms with Gasteiger partial charge < -0.3 is 15.1 Å². The highest BCUT2D eigenvalue weighted by Crippen LogP contribution is 2.39. The molecule has 1 aromatic carbocycles. The van der Waals surface area contributed by atoms with E-state index in [1.807, 2.05) is 17.0 Å². The quantitative estimate of drug-likeness (QED) is 0.858. The summed E-state index contributed by atoms with van der Waals surface area (Å²) in [6.07, 6.45) is 0. The maximum absolute atomic E-state index is 12.7. The molecule has 2 heterocycles. The van der Waals surface area contributed by atoms with Crippen LogP contribution in [0, 0.1) is 0 Å². The monoisotopic (exact) mass is 323 g/mol. The first kappa shape index (κ1) is 12.9. The van der Waals surface area contributed by atoms with Crippen LogP contribution in [0.15, 0.2) is 22.7 Å². The second kappa shape index (κ2) is 4.80. The number of carbonyl (C=O) groups is 1. The summed E-state index contributed by atoms with van der Waals surface area (Å²) in [4.78, 5) is 16.8. The van der Waals surface area contributed by atoms with E-state index in [4.69, 9.17) is 0 Å². The SMILES string of the molecule is CC(C)N1C(=O)C2CNCCN2c2cc(Br)ccc21. The molecule has 3 rings (SSSR count). The summed E-state index contributed by atoms with van der Waals surface area (Å²) >= 11 is 3.53. The Morgan fingerprint density at radius 3 is 2.89 bits per heavy atom. The summed E-state index contributed by atoms with van der Waals surface area (Å²) in [5.41, 5.74) is 2.19. The zero-order chi connectivity index (χ0) is 13.6. The van der Waals surface area contributed by atoms with E-state index in [0.717, 1.165) is 35.5 Å². The van der Waals surface area contributed by atoms with Crippen LogP contribution in [0.3, 0.4) is 0 Å². The van der Waals surface area contributed by atoms with Crippen molar-refractivity contribution in [3.05, 3.63) is 22.7 Å². The predicted octanol–water partition coefficient (Wildman–Crippen LogP) is 1.98. The van der Waals surface area contributed by atoms with Gasteiger partial charge in [-0.25, -0.2) is 0 Å². The van der Waals surface area contributed by atoms with Gasteiger partial charge in [-0.2, -0.15) is 0 Å². The topological polar surface area (TPSA) is 35.6 Å². The van der Waals surface area contributed by atoms with Crippen LogP contribution in [0.1, 0.15) is 13.8 Å². The van der Waals surface area contributed by atoms with Crippen LogP contribution in [0.25, 0.3) is 0 Å². The fourth-order valence-electron chi connectivity index (χ4n) is 2.96. The summed E-state index contributed by atoms with van der Waals surface area (Å²) in [5.74, 6) is 0.206. The van der Waals surface area contributed by atoms with Gasteiger partial charge >= 0.3 is 0 Å². The summed E-state index contributed by atoms with van der Waals surface area (Å²) in [6.45, 7) is 6.67. The maximum atomic E-state index is 12.7. The fraction of sp³-hybridized carbons (Fsp3) is 0.500. The van der Waals surface area contributed by atoms with Crippen LogP contribution in [-0.2, 0) is 4.79 Å². The van der Waals surface area contributed by atoms with Crippen molar-refractivity contribution in [1.82, 2.24) is 5.32 Å². The molecule has 4 nitrogen and oxygen atoms in total. The van der Waals surface area contributed by atoms with Crippen LogP contribution in [-0.4, -0.2) is 37.6 Å². The third-order valence-corrected chi connectivity index (χ3v) is 4.28. The third-order valence-electron chi connectivity index (χ3n) is 3.79. The van der Waals surface area contributed by atoms with Gasteiger partial charge in [0.15, 0.2) is 0 Å². The molecule has 2 aliphatic heterocycles. The molecule has 0 radical (unpaired) electrons. The molecule has 0 aliphatic carbocycles. The number of carbonyl (C=O) groups excluding carboxylic acids is 1. The molecule has 1 atom stereocenters. The van der Waals surface area contributed by atoms with Gasteiger partial charge in [0.2, 0.25) is 0 Å². The number of hydrogen-bond donors (Lipinski definition) is 1.